The Morgan fingerprint density at radius 3 is 2.50 bits per heavy atom. The third kappa shape index (κ3) is 2.19. The second-order valence-corrected chi connectivity index (χ2v) is 6.02. The van der Waals surface area contributed by atoms with Crippen LogP contribution in [0, 0.1) is 0 Å². The Morgan fingerprint density at radius 1 is 1.28 bits per heavy atom. The molecule has 6 heteroatoms. The molecule has 0 bridgehead atoms. The number of sulfone groups is 1. The summed E-state index contributed by atoms with van der Waals surface area (Å²) in [5.74, 6) is 0.0655. The molecule has 0 unspecified atom stereocenters. The smallest absolute Gasteiger partial charge is 0.178 e. The zero-order valence-electron chi connectivity index (χ0n) is 9.75. The zero-order chi connectivity index (χ0) is 13.2. The molecule has 1 aromatic carbocycles. The topological polar surface area (TPSA) is 79.9 Å². The highest BCUT2D eigenvalue weighted by molar-refractivity contribution is 7.91. The molecule has 0 atom stereocenters. The Hall–Kier alpha value is -1.95. The third-order valence-corrected chi connectivity index (χ3v) is 4.43. The molecule has 5 nitrogen and oxygen atoms in total. The number of aromatic amines is 1. The Bertz CT molecular complexity index is 657. The lowest BCUT2D eigenvalue weighted by Gasteiger charge is -2.03. The zero-order valence-corrected chi connectivity index (χ0v) is 10.6. The van der Waals surface area contributed by atoms with Gasteiger partial charge >= 0.3 is 0 Å². The van der Waals surface area contributed by atoms with E-state index in [2.05, 4.69) is 10.2 Å². The van der Waals surface area contributed by atoms with Crippen LogP contribution in [0.4, 0.5) is 0 Å². The number of carbonyl (C=O) groups is 1. The molecule has 0 saturated carbocycles. The van der Waals surface area contributed by atoms with Crippen LogP contribution in [-0.4, -0.2) is 30.7 Å². The number of benzene rings is 1. The van der Waals surface area contributed by atoms with Crippen LogP contribution in [0.15, 0.2) is 35.4 Å². The largest absolute Gasteiger partial charge is 0.298 e. The van der Waals surface area contributed by atoms with Crippen LogP contribution in [0.1, 0.15) is 17.3 Å². The summed E-state index contributed by atoms with van der Waals surface area (Å²) < 4.78 is 23.3. The van der Waals surface area contributed by atoms with E-state index in [9.17, 15) is 13.2 Å². The second-order valence-electron chi connectivity index (χ2n) is 3.75. The van der Waals surface area contributed by atoms with Crippen LogP contribution in [0.2, 0.25) is 0 Å². The fraction of sp³-hybridized carbons (Fsp3) is 0.167. The molecule has 0 aliphatic carbocycles. The van der Waals surface area contributed by atoms with Gasteiger partial charge in [0.2, 0.25) is 0 Å². The standard InChI is InChI=1S/C12H12N2O3S/c1-2-18(16,17)11-5-3-9(4-6-11)12-10(8-15)7-13-14-12/h3-8H,2H2,1H3,(H,13,14). The van der Waals surface area contributed by atoms with Gasteiger partial charge in [0.05, 0.1) is 28.1 Å². The molecule has 0 spiro atoms. The summed E-state index contributed by atoms with van der Waals surface area (Å²) in [4.78, 5) is 11.1. The number of nitrogens with one attached hydrogen (secondary N) is 1. The second kappa shape index (κ2) is 4.73. The maximum Gasteiger partial charge on any atom is 0.178 e. The van der Waals surface area contributed by atoms with Gasteiger partial charge in [0.15, 0.2) is 16.1 Å². The molecular weight excluding hydrogens is 252 g/mol. The van der Waals surface area contributed by atoms with Crippen LogP contribution in [0.25, 0.3) is 11.3 Å². The molecule has 2 rings (SSSR count). The van der Waals surface area contributed by atoms with Gasteiger partial charge in [0.25, 0.3) is 0 Å². The number of aldehydes is 1. The van der Waals surface area contributed by atoms with Gasteiger partial charge in [0, 0.05) is 5.56 Å². The number of rotatable bonds is 4. The van der Waals surface area contributed by atoms with Crippen LogP contribution >= 0.6 is 0 Å². The summed E-state index contributed by atoms with van der Waals surface area (Å²) in [7, 11) is -3.19. The molecular formula is C12H12N2O3S. The normalized spacial score (nSPS) is 11.4. The molecule has 1 aromatic heterocycles. The quantitative estimate of drug-likeness (QED) is 0.852. The monoisotopic (exact) mass is 264 g/mol. The third-order valence-electron chi connectivity index (χ3n) is 2.68. The lowest BCUT2D eigenvalue weighted by molar-refractivity contribution is 0.112. The van der Waals surface area contributed by atoms with E-state index >= 15 is 0 Å². The van der Waals surface area contributed by atoms with Crippen molar-refractivity contribution in [3.8, 4) is 11.3 Å². The first-order valence-electron chi connectivity index (χ1n) is 5.40. The van der Waals surface area contributed by atoms with Crippen molar-refractivity contribution in [2.45, 2.75) is 11.8 Å². The summed E-state index contributed by atoms with van der Waals surface area (Å²) in [5.41, 5.74) is 1.76. The van der Waals surface area contributed by atoms with Gasteiger partial charge in [-0.25, -0.2) is 8.42 Å². The summed E-state index contributed by atoms with van der Waals surface area (Å²) in [6.07, 6.45) is 2.13. The molecule has 0 fully saturated rings. The van der Waals surface area contributed by atoms with E-state index in [-0.39, 0.29) is 10.6 Å². The van der Waals surface area contributed by atoms with E-state index in [4.69, 9.17) is 0 Å². The van der Waals surface area contributed by atoms with Crippen molar-refractivity contribution in [2.24, 2.45) is 0 Å². The highest BCUT2D eigenvalue weighted by Gasteiger charge is 2.12. The van der Waals surface area contributed by atoms with E-state index in [1.807, 2.05) is 0 Å². The first-order chi connectivity index (χ1) is 8.58. The predicted molar refractivity (Wildman–Crippen MR) is 67.1 cm³/mol. The van der Waals surface area contributed by atoms with E-state index in [1.54, 1.807) is 19.1 Å². The lowest BCUT2D eigenvalue weighted by atomic mass is 10.1. The van der Waals surface area contributed by atoms with Gasteiger partial charge in [-0.15, -0.1) is 0 Å². The number of hydrogen-bond acceptors (Lipinski definition) is 4. The van der Waals surface area contributed by atoms with Crippen LogP contribution in [-0.2, 0) is 9.84 Å². The van der Waals surface area contributed by atoms with E-state index in [0.29, 0.717) is 17.5 Å². The minimum absolute atomic E-state index is 0.0655. The number of carbonyl (C=O) groups excluding carboxylic acids is 1. The number of aromatic nitrogens is 2. The summed E-state index contributed by atoms with van der Waals surface area (Å²) in [6.45, 7) is 1.60. The molecule has 94 valence electrons. The average Bonchev–Trinajstić information content (AvgIpc) is 2.87. The van der Waals surface area contributed by atoms with Crippen molar-refractivity contribution < 1.29 is 13.2 Å². The maximum absolute atomic E-state index is 11.6. The molecule has 18 heavy (non-hydrogen) atoms. The summed E-state index contributed by atoms with van der Waals surface area (Å²) >= 11 is 0. The van der Waals surface area contributed by atoms with Gasteiger partial charge < -0.3 is 0 Å². The number of H-pyrrole nitrogens is 1. The van der Waals surface area contributed by atoms with Gasteiger partial charge in [-0.1, -0.05) is 19.1 Å². The minimum atomic E-state index is -3.19. The Balaban J connectivity index is 2.43. The van der Waals surface area contributed by atoms with E-state index in [0.717, 1.165) is 5.56 Å². The first kappa shape index (κ1) is 12.5. The van der Waals surface area contributed by atoms with Gasteiger partial charge in [-0.3, -0.25) is 9.89 Å². The first-order valence-corrected chi connectivity index (χ1v) is 7.05. The molecule has 0 aliphatic heterocycles. The minimum Gasteiger partial charge on any atom is -0.298 e. The van der Waals surface area contributed by atoms with Gasteiger partial charge in [-0.2, -0.15) is 5.10 Å². The molecule has 0 radical (unpaired) electrons. The van der Waals surface area contributed by atoms with E-state index < -0.39 is 9.84 Å². The van der Waals surface area contributed by atoms with E-state index in [1.165, 1.54) is 18.3 Å². The molecule has 1 heterocycles. The fourth-order valence-corrected chi connectivity index (χ4v) is 2.50. The highest BCUT2D eigenvalue weighted by Crippen LogP contribution is 2.22. The molecule has 0 saturated heterocycles. The van der Waals surface area contributed by atoms with Crippen LogP contribution in [0.5, 0.6) is 0 Å². The van der Waals surface area contributed by atoms with Gasteiger partial charge in [-0.05, 0) is 12.1 Å². The average molecular weight is 264 g/mol. The Labute approximate surface area is 105 Å². The predicted octanol–water partition coefficient (Wildman–Crippen LogP) is 1.68. The Morgan fingerprint density at radius 2 is 1.94 bits per heavy atom. The number of nitrogens with zero attached hydrogens (tertiary/aromatic N) is 1. The van der Waals surface area contributed by atoms with Crippen molar-refractivity contribution in [2.75, 3.05) is 5.75 Å². The Kier molecular flexibility index (Phi) is 3.29. The summed E-state index contributed by atoms with van der Waals surface area (Å²) in [6, 6.07) is 6.37. The van der Waals surface area contributed by atoms with Gasteiger partial charge in [0.1, 0.15) is 0 Å². The van der Waals surface area contributed by atoms with Crippen molar-refractivity contribution in [1.29, 1.82) is 0 Å². The van der Waals surface area contributed by atoms with Crippen molar-refractivity contribution in [3.63, 3.8) is 0 Å². The SMILES string of the molecule is CCS(=O)(=O)c1ccc(-c2[nH]ncc2C=O)cc1. The van der Waals surface area contributed by atoms with Crippen molar-refractivity contribution in [1.82, 2.24) is 10.2 Å². The summed E-state index contributed by atoms with van der Waals surface area (Å²) in [5, 5.41) is 6.50. The molecule has 1 N–H and O–H groups in total. The fourth-order valence-electron chi connectivity index (χ4n) is 1.61. The molecule has 0 aliphatic rings. The maximum atomic E-state index is 11.6. The lowest BCUT2D eigenvalue weighted by Crippen LogP contribution is -2.03. The van der Waals surface area contributed by atoms with Crippen LogP contribution in [0.3, 0.4) is 0 Å². The van der Waals surface area contributed by atoms with Crippen LogP contribution < -0.4 is 0 Å². The van der Waals surface area contributed by atoms with Crippen molar-refractivity contribution >= 4 is 16.1 Å². The molecule has 2 aromatic rings. The van der Waals surface area contributed by atoms with Crippen molar-refractivity contribution in [3.05, 3.63) is 36.0 Å². The molecule has 0 amide bonds. The highest BCUT2D eigenvalue weighted by atomic mass is 32.2. The number of hydrogen-bond donors (Lipinski definition) is 1.